The summed E-state index contributed by atoms with van der Waals surface area (Å²) < 4.78 is 5.71. The summed E-state index contributed by atoms with van der Waals surface area (Å²) in [4.78, 5) is 20.4. The molecule has 0 aliphatic carbocycles. The molecule has 3 aromatic rings. The third-order valence-corrected chi connectivity index (χ3v) is 3.62. The summed E-state index contributed by atoms with van der Waals surface area (Å²) >= 11 is 0. The molecule has 1 amide bonds. The number of nitrogens with zero attached hydrogens (tertiary/aromatic N) is 2. The van der Waals surface area contributed by atoms with Crippen LogP contribution >= 0.6 is 0 Å². The number of benzene rings is 2. The minimum absolute atomic E-state index is 0.585. The molecule has 0 saturated heterocycles. The second kappa shape index (κ2) is 9.72. The first-order valence-corrected chi connectivity index (χ1v) is 8.48. The summed E-state index contributed by atoms with van der Waals surface area (Å²) in [7, 11) is 0. The zero-order chi connectivity index (χ0) is 18.7. The molecule has 0 radical (unpaired) electrons. The van der Waals surface area contributed by atoms with Crippen LogP contribution in [0.4, 0.5) is 10.5 Å². The fourth-order valence-corrected chi connectivity index (χ4v) is 2.29. The molecule has 0 atom stereocenters. The van der Waals surface area contributed by atoms with Crippen molar-refractivity contribution in [2.24, 2.45) is 5.16 Å². The smallest absolute Gasteiger partial charge is 0.437 e. The molecule has 2 aromatic carbocycles. The van der Waals surface area contributed by atoms with E-state index in [2.05, 4.69) is 27.6 Å². The number of hydrogen-bond acceptors (Lipinski definition) is 5. The number of amides is 1. The van der Waals surface area contributed by atoms with E-state index in [9.17, 15) is 4.79 Å². The molecule has 0 unspecified atom stereocenters. The van der Waals surface area contributed by atoms with Crippen LogP contribution in [0.15, 0.2) is 84.3 Å². The molecular weight excluding hydrogens is 342 g/mol. The van der Waals surface area contributed by atoms with Crippen molar-refractivity contribution in [3.05, 3.63) is 90.3 Å². The van der Waals surface area contributed by atoms with Crippen molar-refractivity contribution >= 4 is 18.0 Å². The molecule has 1 N–H and O–H groups in total. The molecule has 27 heavy (non-hydrogen) atoms. The van der Waals surface area contributed by atoms with E-state index < -0.39 is 6.09 Å². The van der Waals surface area contributed by atoms with E-state index in [1.807, 2.05) is 18.2 Å². The van der Waals surface area contributed by atoms with Crippen LogP contribution in [0.2, 0.25) is 0 Å². The largest absolute Gasteiger partial charge is 0.493 e. The lowest BCUT2D eigenvalue weighted by molar-refractivity contribution is 0.167. The highest BCUT2D eigenvalue weighted by Gasteiger charge is 2.03. The van der Waals surface area contributed by atoms with E-state index in [1.165, 1.54) is 11.8 Å². The van der Waals surface area contributed by atoms with Gasteiger partial charge in [0.05, 0.1) is 12.8 Å². The SMILES string of the molecule is O=C(Nc1ccc(OCCc2ccccc2)cc1)O/N=C/c1cccnc1. The maximum Gasteiger partial charge on any atom is 0.437 e. The Balaban J connectivity index is 1.41. The van der Waals surface area contributed by atoms with Gasteiger partial charge in [-0.1, -0.05) is 41.6 Å². The van der Waals surface area contributed by atoms with Crippen LogP contribution in [0.1, 0.15) is 11.1 Å². The van der Waals surface area contributed by atoms with E-state index in [4.69, 9.17) is 9.57 Å². The fraction of sp³-hybridized carbons (Fsp3) is 0.0952. The van der Waals surface area contributed by atoms with Crippen LogP contribution in [0.3, 0.4) is 0 Å². The van der Waals surface area contributed by atoms with Crippen LogP contribution in [0.25, 0.3) is 0 Å². The molecule has 6 nitrogen and oxygen atoms in total. The lowest BCUT2D eigenvalue weighted by Gasteiger charge is -2.07. The fourth-order valence-electron chi connectivity index (χ4n) is 2.29. The Morgan fingerprint density at radius 2 is 1.85 bits per heavy atom. The lowest BCUT2D eigenvalue weighted by Crippen LogP contribution is -2.10. The van der Waals surface area contributed by atoms with E-state index in [0.717, 1.165) is 17.7 Å². The van der Waals surface area contributed by atoms with Crippen LogP contribution in [0.5, 0.6) is 5.75 Å². The zero-order valence-corrected chi connectivity index (χ0v) is 14.6. The second-order valence-electron chi connectivity index (χ2n) is 5.63. The summed E-state index contributed by atoms with van der Waals surface area (Å²) in [6, 6.07) is 20.8. The quantitative estimate of drug-likeness (QED) is 0.387. The first kappa shape index (κ1) is 18.1. The highest BCUT2D eigenvalue weighted by atomic mass is 16.7. The first-order valence-electron chi connectivity index (χ1n) is 8.48. The number of anilines is 1. The number of oxime groups is 1. The van der Waals surface area contributed by atoms with Crippen molar-refractivity contribution in [1.29, 1.82) is 0 Å². The normalized spacial score (nSPS) is 10.5. The highest BCUT2D eigenvalue weighted by molar-refractivity contribution is 5.85. The average Bonchev–Trinajstić information content (AvgIpc) is 2.71. The van der Waals surface area contributed by atoms with Gasteiger partial charge < -0.3 is 4.74 Å². The van der Waals surface area contributed by atoms with Crippen molar-refractivity contribution in [1.82, 2.24) is 4.98 Å². The van der Waals surface area contributed by atoms with Crippen LogP contribution in [-0.2, 0) is 11.3 Å². The number of aromatic nitrogens is 1. The Hall–Kier alpha value is -3.67. The number of pyridine rings is 1. The highest BCUT2D eigenvalue weighted by Crippen LogP contribution is 2.16. The molecule has 6 heteroatoms. The Labute approximate surface area is 157 Å². The molecule has 136 valence electrons. The van der Waals surface area contributed by atoms with Gasteiger partial charge in [0.25, 0.3) is 0 Å². The standard InChI is InChI=1S/C21H19N3O3/c25-21(27-23-16-18-7-4-13-22-15-18)24-19-8-10-20(11-9-19)26-14-12-17-5-2-1-3-6-17/h1-11,13,15-16H,12,14H2,(H,24,25)/b23-16+. The predicted octanol–water partition coefficient (Wildman–Crippen LogP) is 4.29. The van der Waals surface area contributed by atoms with Crippen molar-refractivity contribution in [3.8, 4) is 5.75 Å². The number of ether oxygens (including phenoxy) is 1. The molecule has 3 rings (SSSR count). The number of hydrogen-bond donors (Lipinski definition) is 1. The Bertz CT molecular complexity index is 866. The maximum atomic E-state index is 11.7. The monoisotopic (exact) mass is 361 g/mol. The molecule has 0 aliphatic rings. The van der Waals surface area contributed by atoms with Crippen LogP contribution in [0, 0.1) is 0 Å². The summed E-state index contributed by atoms with van der Waals surface area (Å²) in [6.07, 6.45) is 4.84. The van der Waals surface area contributed by atoms with Gasteiger partial charge in [0, 0.05) is 30.1 Å². The summed E-state index contributed by atoms with van der Waals surface area (Å²) in [5.41, 5.74) is 2.56. The molecule has 0 fully saturated rings. The molecule has 0 saturated carbocycles. The van der Waals surface area contributed by atoms with Crippen LogP contribution in [-0.4, -0.2) is 23.9 Å². The van der Waals surface area contributed by atoms with Crippen molar-refractivity contribution in [3.63, 3.8) is 0 Å². The Morgan fingerprint density at radius 3 is 2.59 bits per heavy atom. The number of nitrogens with one attached hydrogen (secondary N) is 1. The zero-order valence-electron chi connectivity index (χ0n) is 14.6. The van der Waals surface area contributed by atoms with Gasteiger partial charge in [-0.25, -0.2) is 4.79 Å². The molecule has 0 bridgehead atoms. The van der Waals surface area contributed by atoms with Gasteiger partial charge in [0.1, 0.15) is 5.75 Å². The molecule has 1 heterocycles. The summed E-state index contributed by atoms with van der Waals surface area (Å²) in [6.45, 7) is 0.585. The average molecular weight is 361 g/mol. The third kappa shape index (κ3) is 6.28. The molecule has 0 aliphatic heterocycles. The van der Waals surface area contributed by atoms with E-state index in [1.54, 1.807) is 48.8 Å². The van der Waals surface area contributed by atoms with Crippen molar-refractivity contribution in [2.75, 3.05) is 11.9 Å². The van der Waals surface area contributed by atoms with Gasteiger partial charge in [0.2, 0.25) is 0 Å². The minimum Gasteiger partial charge on any atom is -0.493 e. The van der Waals surface area contributed by atoms with Gasteiger partial charge in [-0.2, -0.15) is 0 Å². The molecular formula is C21H19N3O3. The topological polar surface area (TPSA) is 72.8 Å². The van der Waals surface area contributed by atoms with Crippen molar-refractivity contribution in [2.45, 2.75) is 6.42 Å². The van der Waals surface area contributed by atoms with Gasteiger partial charge in [-0.05, 0) is 35.9 Å². The van der Waals surface area contributed by atoms with Crippen LogP contribution < -0.4 is 10.1 Å². The number of carbonyl (C=O) groups excluding carboxylic acids is 1. The third-order valence-electron chi connectivity index (χ3n) is 3.62. The maximum absolute atomic E-state index is 11.7. The van der Waals surface area contributed by atoms with Gasteiger partial charge in [0.15, 0.2) is 0 Å². The minimum atomic E-state index is -0.673. The summed E-state index contributed by atoms with van der Waals surface area (Å²) in [5, 5.41) is 6.21. The summed E-state index contributed by atoms with van der Waals surface area (Å²) in [5.74, 6) is 0.736. The van der Waals surface area contributed by atoms with Gasteiger partial charge in [-0.3, -0.25) is 15.1 Å². The first-order chi connectivity index (χ1) is 13.3. The predicted molar refractivity (Wildman–Crippen MR) is 104 cm³/mol. The van der Waals surface area contributed by atoms with Gasteiger partial charge in [-0.15, -0.1) is 0 Å². The molecule has 1 aromatic heterocycles. The molecule has 0 spiro atoms. The second-order valence-corrected chi connectivity index (χ2v) is 5.63. The lowest BCUT2D eigenvalue weighted by atomic mass is 10.2. The van der Waals surface area contributed by atoms with E-state index in [0.29, 0.717) is 12.3 Å². The van der Waals surface area contributed by atoms with Crippen molar-refractivity contribution < 1.29 is 14.4 Å². The van der Waals surface area contributed by atoms with E-state index >= 15 is 0 Å². The number of carbonyl (C=O) groups is 1. The number of rotatable bonds is 7. The Morgan fingerprint density at radius 1 is 1.04 bits per heavy atom. The van der Waals surface area contributed by atoms with Gasteiger partial charge >= 0.3 is 6.09 Å². The Kier molecular flexibility index (Phi) is 6.53. The van der Waals surface area contributed by atoms with E-state index in [-0.39, 0.29) is 0 Å².